The van der Waals surface area contributed by atoms with Crippen LogP contribution >= 0.6 is 46.4 Å². The second-order valence-electron chi connectivity index (χ2n) is 9.60. The number of H-pyrrole nitrogens is 2. The average Bonchev–Trinajstić information content (AvgIpc) is 3.46. The predicted octanol–water partition coefficient (Wildman–Crippen LogP) is 5.03. The van der Waals surface area contributed by atoms with Gasteiger partial charge in [0.25, 0.3) is 17.0 Å². The highest BCUT2D eigenvalue weighted by Crippen LogP contribution is 2.34. The Morgan fingerprint density at radius 1 is 0.860 bits per heavy atom. The zero-order valence-corrected chi connectivity index (χ0v) is 25.2. The lowest BCUT2D eigenvalue weighted by Gasteiger charge is -2.14. The van der Waals surface area contributed by atoms with Gasteiger partial charge in [-0.1, -0.05) is 52.5 Å². The van der Waals surface area contributed by atoms with Crippen LogP contribution in [0, 0.1) is 13.8 Å². The number of anilines is 1. The number of aryl methyl sites for hydroxylation is 1. The molecule has 3 N–H and O–H groups in total. The van der Waals surface area contributed by atoms with Crippen molar-refractivity contribution in [2.24, 2.45) is 5.10 Å². The zero-order valence-electron chi connectivity index (χ0n) is 22.2. The highest BCUT2D eigenvalue weighted by molar-refractivity contribution is 6.36. The van der Waals surface area contributed by atoms with E-state index >= 15 is 0 Å². The van der Waals surface area contributed by atoms with Gasteiger partial charge >= 0.3 is 0 Å². The summed E-state index contributed by atoms with van der Waals surface area (Å²) in [5.74, 6) is -0.735. The molecule has 1 aliphatic rings. The number of halogens is 4. The summed E-state index contributed by atoms with van der Waals surface area (Å²) in [6.45, 7) is 3.29. The molecule has 14 heteroatoms. The van der Waals surface area contributed by atoms with Crippen molar-refractivity contribution in [1.82, 2.24) is 19.7 Å². The number of allylic oxidation sites excluding steroid dienone is 1. The van der Waals surface area contributed by atoms with Crippen LogP contribution in [0.4, 0.5) is 5.69 Å². The molecular weight excluding hydrogens is 638 g/mol. The van der Waals surface area contributed by atoms with Crippen molar-refractivity contribution in [1.29, 1.82) is 0 Å². The van der Waals surface area contributed by atoms with E-state index in [0.717, 1.165) is 5.01 Å². The molecule has 0 fully saturated rings. The smallest absolute Gasteiger partial charge is 0.282 e. The first kappa shape index (κ1) is 28.8. The number of hydrogen-bond acceptors (Lipinski definition) is 6. The fourth-order valence-corrected chi connectivity index (χ4v) is 5.63. The van der Waals surface area contributed by atoms with Gasteiger partial charge in [0.2, 0.25) is 5.88 Å². The molecule has 0 atom stereocenters. The van der Waals surface area contributed by atoms with Gasteiger partial charge in [0.15, 0.2) is 11.1 Å². The standard InChI is InChI=1S/C29H18Cl4N6O4/c1-12-16(26(40)34-24-22(12)28(42)38(36-24)20-10-14(30)6-8-18(20)32)4-3-5-17-13(2)23-25(35-27(17)41)37-39(29(23)43)21-11-15(31)7-9-19(21)33/h3-11,42H,1-2H3,(H,34,36,40)(H,35,37,41)/b4-3?,17-5+. The first-order chi connectivity index (χ1) is 20.5. The third-order valence-electron chi connectivity index (χ3n) is 7.01. The monoisotopic (exact) mass is 654 g/mol. The maximum Gasteiger partial charge on any atom is 0.282 e. The Kier molecular flexibility index (Phi) is 7.18. The van der Waals surface area contributed by atoms with E-state index in [1.807, 2.05) is 0 Å². The molecule has 0 saturated carbocycles. The van der Waals surface area contributed by atoms with Crippen molar-refractivity contribution in [3.05, 3.63) is 116 Å². The van der Waals surface area contributed by atoms with Crippen LogP contribution in [0.1, 0.15) is 27.0 Å². The largest absolute Gasteiger partial charge is 0.493 e. The number of pyridine rings is 2. The summed E-state index contributed by atoms with van der Waals surface area (Å²) in [5.41, 5.74) is 1.12. The van der Waals surface area contributed by atoms with Gasteiger partial charge in [-0.05, 0) is 73.5 Å². The van der Waals surface area contributed by atoms with Crippen LogP contribution in [-0.2, 0) is 0 Å². The van der Waals surface area contributed by atoms with Crippen LogP contribution in [0.2, 0.25) is 20.1 Å². The highest BCUT2D eigenvalue weighted by atomic mass is 35.5. The fourth-order valence-electron chi connectivity index (χ4n) is 4.90. The molecule has 43 heavy (non-hydrogen) atoms. The topological polar surface area (TPSA) is 136 Å². The summed E-state index contributed by atoms with van der Waals surface area (Å²) < 4.78 is 1.19. The quantitative estimate of drug-likeness (QED) is 0.250. The number of aromatic hydroxyl groups is 1. The van der Waals surface area contributed by atoms with E-state index in [1.165, 1.54) is 35.0 Å². The van der Waals surface area contributed by atoms with Gasteiger partial charge in [-0.15, -0.1) is 10.2 Å². The van der Waals surface area contributed by atoms with E-state index < -0.39 is 17.0 Å². The molecule has 4 heterocycles. The zero-order chi connectivity index (χ0) is 30.7. The van der Waals surface area contributed by atoms with Gasteiger partial charge in [-0.3, -0.25) is 14.4 Å². The Morgan fingerprint density at radius 3 is 2.21 bits per heavy atom. The summed E-state index contributed by atoms with van der Waals surface area (Å²) in [5, 5.41) is 22.5. The first-order valence-corrected chi connectivity index (χ1v) is 14.1. The normalized spacial score (nSPS) is 13.4. The van der Waals surface area contributed by atoms with Crippen LogP contribution in [0.25, 0.3) is 28.9 Å². The number of aromatic amines is 2. The van der Waals surface area contributed by atoms with Crippen LogP contribution in [0.3, 0.4) is 0 Å². The molecule has 0 radical (unpaired) electrons. The average molecular weight is 656 g/mol. The maximum absolute atomic E-state index is 13.3. The Balaban J connectivity index is 1.41. The number of nitrogens with one attached hydrogen (secondary N) is 2. The van der Waals surface area contributed by atoms with Crippen LogP contribution in [-0.4, -0.2) is 30.8 Å². The van der Waals surface area contributed by atoms with E-state index in [4.69, 9.17) is 46.4 Å². The van der Waals surface area contributed by atoms with Crippen molar-refractivity contribution in [2.75, 3.05) is 5.01 Å². The molecule has 10 nitrogen and oxygen atoms in total. The summed E-state index contributed by atoms with van der Waals surface area (Å²) in [6, 6.07) is 9.34. The van der Waals surface area contributed by atoms with Crippen molar-refractivity contribution in [2.45, 2.75) is 13.8 Å². The minimum Gasteiger partial charge on any atom is -0.493 e. The Labute approximate surface area is 261 Å². The molecule has 0 aliphatic carbocycles. The number of benzene rings is 2. The summed E-state index contributed by atoms with van der Waals surface area (Å²) in [7, 11) is 0. The number of fused-ring (bicyclic) bond motifs is 2. The SMILES string of the molecule is Cc1c2c([nH]c(=O)/c1=C/C=Cc1c(C)c3c(O)n(-c4cc(Cl)ccc4Cl)nc3[nH]c1=O)=NN(c1cc(Cl)ccc1Cl)C2=O. The van der Waals surface area contributed by atoms with Gasteiger partial charge in [-0.2, -0.15) is 9.69 Å². The van der Waals surface area contributed by atoms with Crippen LogP contribution < -0.4 is 26.8 Å². The predicted molar refractivity (Wildman–Crippen MR) is 167 cm³/mol. The van der Waals surface area contributed by atoms with E-state index in [1.54, 1.807) is 38.1 Å². The summed E-state index contributed by atoms with van der Waals surface area (Å²) >= 11 is 24.8. The highest BCUT2D eigenvalue weighted by Gasteiger charge is 2.30. The molecule has 0 saturated heterocycles. The van der Waals surface area contributed by atoms with E-state index in [0.29, 0.717) is 37.3 Å². The number of nitrogens with zero attached hydrogens (tertiary/aromatic N) is 4. The van der Waals surface area contributed by atoms with E-state index in [-0.39, 0.29) is 44.1 Å². The Morgan fingerprint density at radius 2 is 1.51 bits per heavy atom. The second-order valence-corrected chi connectivity index (χ2v) is 11.3. The number of aromatic nitrogens is 4. The van der Waals surface area contributed by atoms with Crippen molar-refractivity contribution in [3.8, 4) is 11.6 Å². The lowest BCUT2D eigenvalue weighted by Crippen LogP contribution is -2.38. The van der Waals surface area contributed by atoms with Gasteiger partial charge in [-0.25, -0.2) is 0 Å². The molecule has 1 amide bonds. The summed E-state index contributed by atoms with van der Waals surface area (Å²) in [6.07, 6.45) is 4.48. The number of rotatable bonds is 4. The number of hydrogen-bond donors (Lipinski definition) is 3. The van der Waals surface area contributed by atoms with Crippen molar-refractivity contribution < 1.29 is 9.90 Å². The molecule has 1 aliphatic heterocycles. The minimum absolute atomic E-state index is 0.0923. The molecule has 0 unspecified atom stereocenters. The second kappa shape index (κ2) is 10.7. The molecule has 5 aromatic rings. The van der Waals surface area contributed by atoms with Crippen LogP contribution in [0.15, 0.2) is 57.2 Å². The summed E-state index contributed by atoms with van der Waals surface area (Å²) in [4.78, 5) is 44.6. The maximum atomic E-state index is 13.3. The van der Waals surface area contributed by atoms with Gasteiger partial charge in [0.1, 0.15) is 0 Å². The molecule has 216 valence electrons. The molecule has 2 aromatic carbocycles. The fraction of sp³-hybridized carbons (Fsp3) is 0.0690. The van der Waals surface area contributed by atoms with Gasteiger partial charge < -0.3 is 15.1 Å². The Hall–Kier alpha value is -4.35. The molecule has 6 rings (SSSR count). The van der Waals surface area contributed by atoms with Crippen LogP contribution in [0.5, 0.6) is 5.88 Å². The first-order valence-electron chi connectivity index (χ1n) is 12.6. The Bertz CT molecular complexity index is 2310. The third kappa shape index (κ3) is 4.82. The number of carbonyl (C=O) groups is 1. The lowest BCUT2D eigenvalue weighted by molar-refractivity contribution is 0.0994. The molecule has 0 spiro atoms. The van der Waals surface area contributed by atoms with E-state index in [2.05, 4.69) is 20.2 Å². The molecule has 0 bridgehead atoms. The van der Waals surface area contributed by atoms with Crippen molar-refractivity contribution in [3.63, 3.8) is 0 Å². The molecular formula is C29H18Cl4N6O4. The van der Waals surface area contributed by atoms with E-state index in [9.17, 15) is 19.5 Å². The molecule has 3 aromatic heterocycles. The lowest BCUT2D eigenvalue weighted by atomic mass is 10.1. The van der Waals surface area contributed by atoms with Crippen molar-refractivity contribution >= 4 is 81.2 Å². The minimum atomic E-state index is -0.491. The number of carbonyl (C=O) groups excluding carboxylic acids is 1. The third-order valence-corrected chi connectivity index (χ3v) is 8.12. The van der Waals surface area contributed by atoms with Gasteiger partial charge in [0, 0.05) is 20.8 Å². The van der Waals surface area contributed by atoms with Gasteiger partial charge in [0.05, 0.1) is 32.4 Å². The number of amides is 1.